The summed E-state index contributed by atoms with van der Waals surface area (Å²) in [5.41, 5.74) is 7.40. The van der Waals surface area contributed by atoms with Crippen molar-refractivity contribution in [1.29, 1.82) is 0 Å². The molecule has 102 valence electrons. The smallest absolute Gasteiger partial charge is 0.224 e. The molecule has 2 heterocycles. The van der Waals surface area contributed by atoms with Crippen LogP contribution in [0.4, 0.5) is 11.8 Å². The maximum atomic E-state index is 5.66. The molecule has 0 spiro atoms. The van der Waals surface area contributed by atoms with Crippen LogP contribution < -0.4 is 15.8 Å². The second kappa shape index (κ2) is 5.04. The minimum Gasteiger partial charge on any atom is -0.497 e. The van der Waals surface area contributed by atoms with Crippen LogP contribution in [0.25, 0.3) is 11.0 Å². The van der Waals surface area contributed by atoms with E-state index in [0.29, 0.717) is 18.0 Å². The number of nitrogens with one attached hydrogen (secondary N) is 2. The van der Waals surface area contributed by atoms with Gasteiger partial charge in [-0.2, -0.15) is 15.1 Å². The van der Waals surface area contributed by atoms with Crippen molar-refractivity contribution in [2.24, 2.45) is 0 Å². The Labute approximate surface area is 115 Å². The maximum Gasteiger partial charge on any atom is 0.224 e. The largest absolute Gasteiger partial charge is 0.497 e. The fourth-order valence-electron chi connectivity index (χ4n) is 1.92. The molecule has 0 radical (unpaired) electrons. The molecule has 2 aromatic heterocycles. The summed E-state index contributed by atoms with van der Waals surface area (Å²) in [6.45, 7) is 0.626. The highest BCUT2D eigenvalue weighted by Gasteiger charge is 2.07. The molecule has 0 unspecified atom stereocenters. The SMILES string of the molecule is COc1ccc(CNc2nc(N)nc3[nH]ncc23)cc1. The van der Waals surface area contributed by atoms with Gasteiger partial charge in [0.05, 0.1) is 18.7 Å². The van der Waals surface area contributed by atoms with Crippen LogP contribution in [0.2, 0.25) is 0 Å². The molecule has 7 heteroatoms. The highest BCUT2D eigenvalue weighted by atomic mass is 16.5. The lowest BCUT2D eigenvalue weighted by molar-refractivity contribution is 0.414. The first kappa shape index (κ1) is 12.2. The van der Waals surface area contributed by atoms with Crippen LogP contribution in [0.3, 0.4) is 0 Å². The van der Waals surface area contributed by atoms with Gasteiger partial charge in [0.1, 0.15) is 11.6 Å². The number of hydrogen-bond donors (Lipinski definition) is 3. The highest BCUT2D eigenvalue weighted by molar-refractivity contribution is 5.86. The summed E-state index contributed by atoms with van der Waals surface area (Å²) in [5, 5.41) is 10.8. The number of fused-ring (bicyclic) bond motifs is 1. The van der Waals surface area contributed by atoms with E-state index in [4.69, 9.17) is 10.5 Å². The maximum absolute atomic E-state index is 5.66. The Morgan fingerprint density at radius 1 is 1.25 bits per heavy atom. The monoisotopic (exact) mass is 270 g/mol. The molecule has 0 saturated heterocycles. The summed E-state index contributed by atoms with van der Waals surface area (Å²) in [7, 11) is 1.65. The lowest BCUT2D eigenvalue weighted by Crippen LogP contribution is -2.05. The molecular formula is C13H14N6O. The van der Waals surface area contributed by atoms with Crippen molar-refractivity contribution in [3.63, 3.8) is 0 Å². The summed E-state index contributed by atoms with van der Waals surface area (Å²) in [4.78, 5) is 8.26. The van der Waals surface area contributed by atoms with Crippen LogP contribution in [0.5, 0.6) is 5.75 Å². The molecular weight excluding hydrogens is 256 g/mol. The summed E-state index contributed by atoms with van der Waals surface area (Å²) in [6, 6.07) is 7.81. The number of aromatic nitrogens is 4. The zero-order valence-corrected chi connectivity index (χ0v) is 10.9. The number of anilines is 2. The van der Waals surface area contributed by atoms with Crippen molar-refractivity contribution >= 4 is 22.8 Å². The van der Waals surface area contributed by atoms with Gasteiger partial charge in [0.2, 0.25) is 5.95 Å². The van der Waals surface area contributed by atoms with E-state index in [1.165, 1.54) is 0 Å². The zero-order valence-electron chi connectivity index (χ0n) is 10.9. The Morgan fingerprint density at radius 2 is 2.05 bits per heavy atom. The molecule has 0 aliphatic rings. The summed E-state index contributed by atoms with van der Waals surface area (Å²) >= 11 is 0. The molecule has 0 fully saturated rings. The molecule has 0 saturated carbocycles. The fourth-order valence-corrected chi connectivity index (χ4v) is 1.92. The number of nitrogens with two attached hydrogens (primary N) is 1. The fraction of sp³-hybridized carbons (Fsp3) is 0.154. The molecule has 7 nitrogen and oxygen atoms in total. The second-order valence-corrected chi connectivity index (χ2v) is 4.26. The molecule has 3 rings (SSSR count). The van der Waals surface area contributed by atoms with Crippen LogP contribution >= 0.6 is 0 Å². The average Bonchev–Trinajstić information content (AvgIpc) is 2.93. The normalized spacial score (nSPS) is 10.7. The quantitative estimate of drug-likeness (QED) is 0.665. The second-order valence-electron chi connectivity index (χ2n) is 4.26. The van der Waals surface area contributed by atoms with Crippen LogP contribution in [-0.4, -0.2) is 27.3 Å². The van der Waals surface area contributed by atoms with Crippen molar-refractivity contribution in [1.82, 2.24) is 20.2 Å². The van der Waals surface area contributed by atoms with Crippen LogP contribution in [0.1, 0.15) is 5.56 Å². The molecule has 0 aliphatic heterocycles. The van der Waals surface area contributed by atoms with Crippen LogP contribution in [0, 0.1) is 0 Å². The van der Waals surface area contributed by atoms with Gasteiger partial charge in [-0.25, -0.2) is 0 Å². The van der Waals surface area contributed by atoms with Crippen molar-refractivity contribution < 1.29 is 4.74 Å². The minimum atomic E-state index is 0.207. The number of H-pyrrole nitrogens is 1. The van der Waals surface area contributed by atoms with Gasteiger partial charge in [-0.1, -0.05) is 12.1 Å². The molecule has 0 amide bonds. The van der Waals surface area contributed by atoms with Gasteiger partial charge in [-0.15, -0.1) is 0 Å². The van der Waals surface area contributed by atoms with Gasteiger partial charge in [-0.05, 0) is 17.7 Å². The predicted molar refractivity (Wildman–Crippen MR) is 76.4 cm³/mol. The topological polar surface area (TPSA) is 102 Å². The summed E-state index contributed by atoms with van der Waals surface area (Å²) < 4.78 is 5.12. The minimum absolute atomic E-state index is 0.207. The van der Waals surface area contributed by atoms with E-state index in [1.807, 2.05) is 24.3 Å². The zero-order chi connectivity index (χ0) is 13.9. The number of benzene rings is 1. The van der Waals surface area contributed by atoms with E-state index in [9.17, 15) is 0 Å². The van der Waals surface area contributed by atoms with Crippen LogP contribution in [0.15, 0.2) is 30.5 Å². The van der Waals surface area contributed by atoms with Gasteiger partial charge in [0.15, 0.2) is 5.65 Å². The van der Waals surface area contributed by atoms with E-state index in [1.54, 1.807) is 13.3 Å². The van der Waals surface area contributed by atoms with E-state index < -0.39 is 0 Å². The first-order valence-corrected chi connectivity index (χ1v) is 6.09. The lowest BCUT2D eigenvalue weighted by Gasteiger charge is -2.07. The van der Waals surface area contributed by atoms with Gasteiger partial charge in [0, 0.05) is 6.54 Å². The number of rotatable bonds is 4. The van der Waals surface area contributed by atoms with Crippen LogP contribution in [-0.2, 0) is 6.54 Å². The van der Waals surface area contributed by atoms with E-state index in [-0.39, 0.29) is 5.95 Å². The number of nitrogen functional groups attached to an aromatic ring is 1. The van der Waals surface area contributed by atoms with Crippen molar-refractivity contribution in [2.75, 3.05) is 18.2 Å². The molecule has 0 aliphatic carbocycles. The predicted octanol–water partition coefficient (Wildman–Crippen LogP) is 1.56. The van der Waals surface area contributed by atoms with Crippen molar-refractivity contribution in [3.8, 4) is 5.75 Å². The third-order valence-corrected chi connectivity index (χ3v) is 2.95. The van der Waals surface area contributed by atoms with E-state index in [2.05, 4.69) is 25.5 Å². The highest BCUT2D eigenvalue weighted by Crippen LogP contribution is 2.20. The first-order chi connectivity index (χ1) is 9.76. The van der Waals surface area contributed by atoms with Gasteiger partial charge >= 0.3 is 0 Å². The average molecular weight is 270 g/mol. The van der Waals surface area contributed by atoms with E-state index >= 15 is 0 Å². The third-order valence-electron chi connectivity index (χ3n) is 2.95. The van der Waals surface area contributed by atoms with E-state index in [0.717, 1.165) is 16.7 Å². The molecule has 0 atom stereocenters. The van der Waals surface area contributed by atoms with Crippen molar-refractivity contribution in [2.45, 2.75) is 6.54 Å². The van der Waals surface area contributed by atoms with Gasteiger partial charge in [0.25, 0.3) is 0 Å². The summed E-state index contributed by atoms with van der Waals surface area (Å²) in [5.74, 6) is 1.70. The number of nitrogens with zero attached hydrogens (tertiary/aromatic N) is 3. The Morgan fingerprint density at radius 3 is 2.80 bits per heavy atom. The number of aromatic amines is 1. The Bertz CT molecular complexity index is 721. The Kier molecular flexibility index (Phi) is 3.08. The number of ether oxygens (including phenoxy) is 1. The van der Waals surface area contributed by atoms with Gasteiger partial charge in [-0.3, -0.25) is 5.10 Å². The standard InChI is InChI=1S/C13H14N6O/c1-20-9-4-2-8(3-5-9)6-15-11-10-7-16-19-12(10)18-13(14)17-11/h2-5,7H,6H2,1H3,(H4,14,15,16,17,18,19). The molecule has 1 aromatic carbocycles. The molecule has 20 heavy (non-hydrogen) atoms. The van der Waals surface area contributed by atoms with Crippen molar-refractivity contribution in [3.05, 3.63) is 36.0 Å². The molecule has 0 bridgehead atoms. The lowest BCUT2D eigenvalue weighted by atomic mass is 10.2. The summed E-state index contributed by atoms with van der Waals surface area (Å²) in [6.07, 6.45) is 1.67. The Hall–Kier alpha value is -2.83. The molecule has 3 aromatic rings. The molecule has 4 N–H and O–H groups in total. The third kappa shape index (κ3) is 2.33. The number of methoxy groups -OCH3 is 1. The first-order valence-electron chi connectivity index (χ1n) is 6.09. The van der Waals surface area contributed by atoms with Gasteiger partial charge < -0.3 is 15.8 Å². The number of hydrogen-bond acceptors (Lipinski definition) is 6. The Balaban J connectivity index is 1.80.